The molecule has 11 heavy (non-hydrogen) atoms. The van der Waals surface area contributed by atoms with Crippen LogP contribution in [-0.4, -0.2) is 11.9 Å². The zero-order valence-electron chi connectivity index (χ0n) is 8.31. The highest BCUT2D eigenvalue weighted by Gasteiger charge is 2.20. The highest BCUT2D eigenvalue weighted by Crippen LogP contribution is 2.24. The number of thiol groups is 1. The molecule has 0 radical (unpaired) electrons. The molecule has 0 spiro atoms. The number of hydrogen-bond acceptors (Lipinski definition) is 2. The lowest BCUT2D eigenvalue weighted by Crippen LogP contribution is -2.36. The minimum atomic E-state index is -0.0102. The van der Waals surface area contributed by atoms with Gasteiger partial charge in [0.15, 0.2) is 0 Å². The van der Waals surface area contributed by atoms with Crippen LogP contribution in [0.3, 0.4) is 0 Å². The van der Waals surface area contributed by atoms with E-state index in [1.165, 1.54) is 0 Å². The first-order valence-electron chi connectivity index (χ1n) is 4.30. The van der Waals surface area contributed by atoms with Gasteiger partial charge in [-0.3, -0.25) is 0 Å². The molecule has 0 bridgehead atoms. The van der Waals surface area contributed by atoms with Gasteiger partial charge in [-0.1, -0.05) is 20.8 Å². The lowest BCUT2D eigenvalue weighted by Gasteiger charge is -2.28. The van der Waals surface area contributed by atoms with Crippen molar-refractivity contribution in [2.24, 2.45) is 11.8 Å². The van der Waals surface area contributed by atoms with Crippen LogP contribution in [0.5, 0.6) is 0 Å². The van der Waals surface area contributed by atoms with Crippen molar-refractivity contribution >= 4 is 12.6 Å². The summed E-state index contributed by atoms with van der Waals surface area (Å²) in [6, 6.07) is 0. The Hall–Kier alpha value is 0.310. The predicted molar refractivity (Wildman–Crippen MR) is 55.1 cm³/mol. The van der Waals surface area contributed by atoms with E-state index in [9.17, 15) is 0 Å². The summed E-state index contributed by atoms with van der Waals surface area (Å²) in [5.74, 6) is 1.47. The zero-order chi connectivity index (χ0) is 9.07. The van der Waals surface area contributed by atoms with Gasteiger partial charge in [0, 0.05) is 0 Å². The Morgan fingerprint density at radius 1 is 1.36 bits per heavy atom. The van der Waals surface area contributed by atoms with Crippen LogP contribution in [0.1, 0.15) is 34.1 Å². The molecule has 0 amide bonds. The molecule has 0 aromatic rings. The van der Waals surface area contributed by atoms with Crippen LogP contribution < -0.4 is 5.32 Å². The predicted octanol–water partition coefficient (Wildman–Crippen LogP) is 2.53. The fourth-order valence-corrected chi connectivity index (χ4v) is 1.25. The highest BCUT2D eigenvalue weighted by molar-refractivity contribution is 7.81. The van der Waals surface area contributed by atoms with Gasteiger partial charge in [-0.15, -0.1) is 0 Å². The molecule has 0 saturated carbocycles. The molecule has 0 rings (SSSR count). The van der Waals surface area contributed by atoms with Crippen molar-refractivity contribution < 1.29 is 0 Å². The van der Waals surface area contributed by atoms with Gasteiger partial charge >= 0.3 is 0 Å². The third kappa shape index (κ3) is 4.70. The largest absolute Gasteiger partial charge is 0.306 e. The van der Waals surface area contributed by atoms with Gasteiger partial charge in [0.25, 0.3) is 0 Å². The number of nitrogens with one attached hydrogen (secondary N) is 1. The smallest absolute Gasteiger partial charge is 0.0587 e. The van der Waals surface area contributed by atoms with E-state index in [1.807, 2.05) is 7.05 Å². The molecule has 68 valence electrons. The summed E-state index contributed by atoms with van der Waals surface area (Å²) in [6.07, 6.45) is 1.12. The second kappa shape index (κ2) is 4.36. The van der Waals surface area contributed by atoms with E-state index in [0.717, 1.165) is 18.3 Å². The average molecular weight is 175 g/mol. The highest BCUT2D eigenvalue weighted by atomic mass is 32.1. The topological polar surface area (TPSA) is 12.0 Å². The second-order valence-corrected chi connectivity index (χ2v) is 4.94. The maximum Gasteiger partial charge on any atom is 0.0587 e. The van der Waals surface area contributed by atoms with E-state index in [1.54, 1.807) is 0 Å². The fourth-order valence-electron chi connectivity index (χ4n) is 0.965. The van der Waals surface area contributed by atoms with Crippen LogP contribution in [0, 0.1) is 11.8 Å². The molecule has 2 unspecified atom stereocenters. The minimum absolute atomic E-state index is 0.0102. The molecule has 0 heterocycles. The molecule has 0 saturated heterocycles. The molecule has 2 heteroatoms. The standard InChI is InChI=1S/C9H21NS/c1-7(2)8(3)6-9(4,11)10-5/h7-8,10-11H,6H2,1-5H3. The van der Waals surface area contributed by atoms with E-state index >= 15 is 0 Å². The molecule has 0 fully saturated rings. The van der Waals surface area contributed by atoms with Crippen molar-refractivity contribution in [3.63, 3.8) is 0 Å². The van der Waals surface area contributed by atoms with Crippen LogP contribution in [0.4, 0.5) is 0 Å². The second-order valence-electron chi connectivity index (χ2n) is 3.95. The van der Waals surface area contributed by atoms with E-state index < -0.39 is 0 Å². The summed E-state index contributed by atoms with van der Waals surface area (Å²) in [4.78, 5) is -0.0102. The molecule has 0 aromatic heterocycles. The van der Waals surface area contributed by atoms with Crippen LogP contribution in [-0.2, 0) is 0 Å². The summed E-state index contributed by atoms with van der Waals surface area (Å²) in [6.45, 7) is 8.90. The Morgan fingerprint density at radius 2 is 1.82 bits per heavy atom. The maximum absolute atomic E-state index is 4.51. The van der Waals surface area contributed by atoms with Crippen LogP contribution in [0.15, 0.2) is 0 Å². The van der Waals surface area contributed by atoms with E-state index in [2.05, 4.69) is 45.6 Å². The van der Waals surface area contributed by atoms with Gasteiger partial charge in [0.2, 0.25) is 0 Å². The van der Waals surface area contributed by atoms with E-state index in [-0.39, 0.29) is 4.87 Å². The molecule has 0 aliphatic rings. The van der Waals surface area contributed by atoms with Gasteiger partial charge < -0.3 is 5.32 Å². The third-order valence-electron chi connectivity index (χ3n) is 2.40. The van der Waals surface area contributed by atoms with Crippen LogP contribution >= 0.6 is 12.6 Å². The van der Waals surface area contributed by atoms with Gasteiger partial charge in [-0.05, 0) is 32.2 Å². The summed E-state index contributed by atoms with van der Waals surface area (Å²) in [5, 5.41) is 3.19. The average Bonchev–Trinajstić information content (AvgIpc) is 1.87. The Labute approximate surface area is 76.4 Å². The van der Waals surface area contributed by atoms with Crippen molar-refractivity contribution in [1.82, 2.24) is 5.32 Å². The monoisotopic (exact) mass is 175 g/mol. The molecule has 1 N–H and O–H groups in total. The zero-order valence-corrected chi connectivity index (χ0v) is 9.20. The Bertz CT molecular complexity index is 110. The molecule has 0 aliphatic heterocycles. The summed E-state index contributed by atoms with van der Waals surface area (Å²) in [5.41, 5.74) is 0. The van der Waals surface area contributed by atoms with Gasteiger partial charge in [0.05, 0.1) is 4.87 Å². The first kappa shape index (κ1) is 11.3. The third-order valence-corrected chi connectivity index (χ3v) is 2.80. The Morgan fingerprint density at radius 3 is 2.09 bits per heavy atom. The normalized spacial score (nSPS) is 19.9. The molecular formula is C9H21NS. The van der Waals surface area contributed by atoms with Gasteiger partial charge in [0.1, 0.15) is 0 Å². The van der Waals surface area contributed by atoms with Crippen molar-refractivity contribution in [1.29, 1.82) is 0 Å². The van der Waals surface area contributed by atoms with Gasteiger partial charge in [-0.25, -0.2) is 0 Å². The first-order valence-corrected chi connectivity index (χ1v) is 4.75. The van der Waals surface area contributed by atoms with Crippen molar-refractivity contribution in [3.05, 3.63) is 0 Å². The lowest BCUT2D eigenvalue weighted by molar-refractivity contribution is 0.333. The Kier molecular flexibility index (Phi) is 4.49. The number of hydrogen-bond donors (Lipinski definition) is 2. The van der Waals surface area contributed by atoms with Crippen LogP contribution in [0.25, 0.3) is 0 Å². The molecule has 0 aromatic carbocycles. The molecule has 0 aliphatic carbocycles. The maximum atomic E-state index is 4.51. The van der Waals surface area contributed by atoms with Crippen molar-refractivity contribution in [2.75, 3.05) is 7.05 Å². The summed E-state index contributed by atoms with van der Waals surface area (Å²) >= 11 is 4.51. The summed E-state index contributed by atoms with van der Waals surface area (Å²) in [7, 11) is 1.96. The number of rotatable bonds is 4. The van der Waals surface area contributed by atoms with Crippen molar-refractivity contribution in [2.45, 2.75) is 39.0 Å². The SMILES string of the molecule is CNC(C)(S)CC(C)C(C)C. The van der Waals surface area contributed by atoms with E-state index in [4.69, 9.17) is 0 Å². The Balaban J connectivity index is 3.83. The molecule has 1 nitrogen and oxygen atoms in total. The van der Waals surface area contributed by atoms with Gasteiger partial charge in [-0.2, -0.15) is 12.6 Å². The summed E-state index contributed by atoms with van der Waals surface area (Å²) < 4.78 is 0. The van der Waals surface area contributed by atoms with E-state index in [0.29, 0.717) is 0 Å². The molecular weight excluding hydrogens is 154 g/mol. The van der Waals surface area contributed by atoms with Crippen molar-refractivity contribution in [3.8, 4) is 0 Å². The minimum Gasteiger partial charge on any atom is -0.306 e. The van der Waals surface area contributed by atoms with Crippen LogP contribution in [0.2, 0.25) is 0 Å². The fraction of sp³-hybridized carbons (Fsp3) is 1.00. The lowest BCUT2D eigenvalue weighted by atomic mass is 9.91. The first-order chi connectivity index (χ1) is 4.89. The molecule has 2 atom stereocenters. The quantitative estimate of drug-likeness (QED) is 0.494.